The number of amides is 1. The molecule has 0 heterocycles. The van der Waals surface area contributed by atoms with Crippen molar-refractivity contribution >= 4 is 47.6 Å². The van der Waals surface area contributed by atoms with Crippen molar-refractivity contribution in [3.05, 3.63) is 30.3 Å². The van der Waals surface area contributed by atoms with E-state index in [1.807, 2.05) is 30.1 Å². The molecule has 0 spiro atoms. The van der Waals surface area contributed by atoms with Crippen molar-refractivity contribution < 1.29 is 9.53 Å². The van der Waals surface area contributed by atoms with E-state index in [1.165, 1.54) is 17.7 Å². The Hall–Kier alpha value is -1.000. The summed E-state index contributed by atoms with van der Waals surface area (Å²) in [5.41, 5.74) is 0. The van der Waals surface area contributed by atoms with E-state index in [2.05, 4.69) is 22.4 Å². The Morgan fingerprint density at radius 3 is 2.61 bits per heavy atom. The second-order valence-electron chi connectivity index (χ2n) is 6.96. The van der Waals surface area contributed by atoms with E-state index in [9.17, 15) is 4.79 Å². The topological polar surface area (TPSA) is 57.2 Å². The Balaban J connectivity index is 0.00000392. The molecule has 1 aliphatic carbocycles. The molecule has 1 aliphatic rings. The van der Waals surface area contributed by atoms with Gasteiger partial charge in [-0.05, 0) is 30.9 Å². The quantitative estimate of drug-likeness (QED) is 0.160. The number of benzene rings is 1. The zero-order chi connectivity index (χ0) is 19.5. The summed E-state index contributed by atoms with van der Waals surface area (Å²) in [5, 5.41) is 3.37. The van der Waals surface area contributed by atoms with Gasteiger partial charge in [-0.2, -0.15) is 0 Å². The maximum Gasteiger partial charge on any atom is 0.243 e. The lowest BCUT2D eigenvalue weighted by Crippen LogP contribution is -2.42. The molecule has 0 unspecified atom stereocenters. The summed E-state index contributed by atoms with van der Waals surface area (Å²) >= 11 is 1.80. The van der Waals surface area contributed by atoms with Crippen molar-refractivity contribution in [3.63, 3.8) is 0 Å². The highest BCUT2D eigenvalue weighted by Gasteiger charge is 2.21. The fraction of sp³-hybridized carbons (Fsp3) is 0.600. The molecule has 0 bridgehead atoms. The standard InChI is InChI=1S/C20H32N4O2S.HI/c1-23(2)19(25)15-22-20(24(3)12-13-26-16-17-9-10-17)21-11-14-27-18-7-5-4-6-8-18;/h4-8,17H,9-16H2,1-3H3,(H,21,22);1H. The van der Waals surface area contributed by atoms with Crippen LogP contribution in [0.4, 0.5) is 0 Å². The number of thioether (sulfide) groups is 1. The van der Waals surface area contributed by atoms with Gasteiger partial charge in [0.15, 0.2) is 5.96 Å². The summed E-state index contributed by atoms with van der Waals surface area (Å²) < 4.78 is 5.72. The van der Waals surface area contributed by atoms with E-state index in [0.717, 1.165) is 37.3 Å². The average molecular weight is 520 g/mol. The summed E-state index contributed by atoms with van der Waals surface area (Å²) in [4.78, 5) is 21.2. The minimum atomic E-state index is -0.00801. The van der Waals surface area contributed by atoms with E-state index in [0.29, 0.717) is 6.61 Å². The van der Waals surface area contributed by atoms with Crippen molar-refractivity contribution in [1.82, 2.24) is 15.1 Å². The van der Waals surface area contributed by atoms with Gasteiger partial charge in [0, 0.05) is 51.5 Å². The number of halogens is 1. The number of nitrogens with one attached hydrogen (secondary N) is 1. The highest BCUT2D eigenvalue weighted by atomic mass is 127. The zero-order valence-electron chi connectivity index (χ0n) is 17.1. The molecule has 1 aromatic carbocycles. The summed E-state index contributed by atoms with van der Waals surface area (Å²) in [6.07, 6.45) is 2.60. The SMILES string of the molecule is CN(C)C(=O)CN=C(NCCSc1ccccc1)N(C)CCOCC1CC1.I. The molecule has 1 N–H and O–H groups in total. The molecular formula is C20H33IN4O2S. The largest absolute Gasteiger partial charge is 0.379 e. The molecule has 6 nitrogen and oxygen atoms in total. The number of ether oxygens (including phenoxy) is 1. The molecular weight excluding hydrogens is 487 g/mol. The van der Waals surface area contributed by atoms with Crippen molar-refractivity contribution in [2.75, 3.05) is 59.7 Å². The van der Waals surface area contributed by atoms with Crippen LogP contribution in [0.5, 0.6) is 0 Å². The Morgan fingerprint density at radius 1 is 1.25 bits per heavy atom. The molecule has 1 aromatic rings. The normalized spacial score (nSPS) is 13.6. The maximum atomic E-state index is 11.9. The van der Waals surface area contributed by atoms with Gasteiger partial charge in [-0.25, -0.2) is 4.99 Å². The van der Waals surface area contributed by atoms with Gasteiger partial charge in [0.25, 0.3) is 0 Å². The number of carbonyl (C=O) groups is 1. The fourth-order valence-electron chi connectivity index (χ4n) is 2.29. The summed E-state index contributed by atoms with van der Waals surface area (Å²) in [7, 11) is 5.48. The predicted octanol–water partition coefficient (Wildman–Crippen LogP) is 2.79. The first-order valence-corrected chi connectivity index (χ1v) is 10.5. The van der Waals surface area contributed by atoms with Gasteiger partial charge >= 0.3 is 0 Å². The lowest BCUT2D eigenvalue weighted by molar-refractivity contribution is -0.127. The first-order chi connectivity index (χ1) is 13.1. The molecule has 0 saturated heterocycles. The van der Waals surface area contributed by atoms with Gasteiger partial charge in [0.2, 0.25) is 5.91 Å². The Bertz CT molecular complexity index is 597. The van der Waals surface area contributed by atoms with E-state index in [-0.39, 0.29) is 36.4 Å². The van der Waals surface area contributed by atoms with Crippen molar-refractivity contribution in [2.45, 2.75) is 17.7 Å². The number of carbonyl (C=O) groups excluding carboxylic acids is 1. The number of likely N-dealkylation sites (N-methyl/N-ethyl adjacent to an activating group) is 2. The van der Waals surface area contributed by atoms with Gasteiger partial charge in [-0.15, -0.1) is 35.7 Å². The number of nitrogens with zero attached hydrogens (tertiary/aromatic N) is 3. The third-order valence-corrected chi connectivity index (χ3v) is 5.26. The van der Waals surface area contributed by atoms with E-state index in [1.54, 1.807) is 30.8 Å². The molecule has 0 aliphatic heterocycles. The third-order valence-electron chi connectivity index (χ3n) is 4.24. The Labute approximate surface area is 190 Å². The molecule has 2 rings (SSSR count). The van der Waals surface area contributed by atoms with Gasteiger partial charge in [-0.3, -0.25) is 4.79 Å². The number of hydrogen-bond acceptors (Lipinski definition) is 4. The third kappa shape index (κ3) is 10.5. The van der Waals surface area contributed by atoms with Crippen molar-refractivity contribution in [2.24, 2.45) is 10.9 Å². The van der Waals surface area contributed by atoms with E-state index >= 15 is 0 Å². The van der Waals surface area contributed by atoms with Crippen LogP contribution in [0.25, 0.3) is 0 Å². The van der Waals surface area contributed by atoms with Gasteiger partial charge in [-0.1, -0.05) is 18.2 Å². The molecule has 1 saturated carbocycles. The second-order valence-corrected chi connectivity index (χ2v) is 8.12. The first-order valence-electron chi connectivity index (χ1n) is 9.51. The summed E-state index contributed by atoms with van der Waals surface area (Å²) in [6, 6.07) is 10.3. The molecule has 0 atom stereocenters. The van der Waals surface area contributed by atoms with Crippen LogP contribution in [-0.4, -0.2) is 81.4 Å². The number of guanidine groups is 1. The zero-order valence-corrected chi connectivity index (χ0v) is 20.2. The first kappa shape index (κ1) is 25.0. The molecule has 1 amide bonds. The van der Waals surface area contributed by atoms with Crippen LogP contribution >= 0.6 is 35.7 Å². The molecule has 1 fully saturated rings. The monoisotopic (exact) mass is 520 g/mol. The Kier molecular flexibility index (Phi) is 12.6. The second kappa shape index (κ2) is 14.1. The average Bonchev–Trinajstić information content (AvgIpc) is 3.49. The van der Waals surface area contributed by atoms with Crippen LogP contribution in [0.3, 0.4) is 0 Å². The smallest absolute Gasteiger partial charge is 0.243 e. The van der Waals surface area contributed by atoms with Crippen LogP contribution in [0.15, 0.2) is 40.2 Å². The molecule has 0 radical (unpaired) electrons. The molecule has 0 aromatic heterocycles. The van der Waals surface area contributed by atoms with Crippen LogP contribution < -0.4 is 5.32 Å². The fourth-order valence-corrected chi connectivity index (χ4v) is 3.08. The van der Waals surface area contributed by atoms with Gasteiger partial charge in [0.05, 0.1) is 6.61 Å². The van der Waals surface area contributed by atoms with Crippen LogP contribution in [0, 0.1) is 5.92 Å². The predicted molar refractivity (Wildman–Crippen MR) is 128 cm³/mol. The van der Waals surface area contributed by atoms with E-state index < -0.39 is 0 Å². The highest BCUT2D eigenvalue weighted by molar-refractivity contribution is 14.0. The van der Waals surface area contributed by atoms with Crippen molar-refractivity contribution in [1.29, 1.82) is 0 Å². The number of hydrogen-bond donors (Lipinski definition) is 1. The minimum absolute atomic E-state index is 0. The van der Waals surface area contributed by atoms with Crippen LogP contribution in [0.1, 0.15) is 12.8 Å². The van der Waals surface area contributed by atoms with Crippen LogP contribution in [0.2, 0.25) is 0 Å². The lowest BCUT2D eigenvalue weighted by atomic mass is 10.4. The lowest BCUT2D eigenvalue weighted by Gasteiger charge is -2.22. The number of aliphatic imine (C=N–C) groups is 1. The minimum Gasteiger partial charge on any atom is -0.379 e. The molecule has 28 heavy (non-hydrogen) atoms. The highest BCUT2D eigenvalue weighted by Crippen LogP contribution is 2.28. The maximum absolute atomic E-state index is 11.9. The molecule has 158 valence electrons. The van der Waals surface area contributed by atoms with Gasteiger partial charge in [0.1, 0.15) is 6.54 Å². The summed E-state index contributed by atoms with van der Waals surface area (Å²) in [5.74, 6) is 2.44. The van der Waals surface area contributed by atoms with E-state index in [4.69, 9.17) is 4.74 Å². The van der Waals surface area contributed by atoms with Crippen LogP contribution in [-0.2, 0) is 9.53 Å². The Morgan fingerprint density at radius 2 is 1.96 bits per heavy atom. The van der Waals surface area contributed by atoms with Crippen molar-refractivity contribution in [3.8, 4) is 0 Å². The number of rotatable bonds is 11. The molecule has 8 heteroatoms. The summed E-state index contributed by atoms with van der Waals surface area (Å²) in [6.45, 7) is 3.21. The van der Waals surface area contributed by atoms with Gasteiger partial charge < -0.3 is 19.9 Å².